The van der Waals surface area contributed by atoms with Crippen LogP contribution in [0.4, 0.5) is 4.79 Å². The van der Waals surface area contributed by atoms with Crippen molar-refractivity contribution in [1.82, 2.24) is 10.6 Å². The molecule has 0 aliphatic heterocycles. The molecule has 0 radical (unpaired) electrons. The molecular weight excluding hydrogens is 244 g/mol. The maximum atomic E-state index is 11.7. The number of carboxylic acids is 1. The van der Waals surface area contributed by atoms with Crippen LogP contribution in [-0.4, -0.2) is 29.7 Å². The van der Waals surface area contributed by atoms with E-state index in [-0.39, 0.29) is 18.0 Å². The highest BCUT2D eigenvalue weighted by molar-refractivity contribution is 5.74. The third kappa shape index (κ3) is 5.49. The van der Waals surface area contributed by atoms with Crippen molar-refractivity contribution >= 4 is 12.0 Å². The average Bonchev–Trinajstić information content (AvgIpc) is 2.40. The smallest absolute Gasteiger partial charge is 0.315 e. The second kappa shape index (κ2) is 8.02. The molecule has 0 aromatic rings. The lowest BCUT2D eigenvalue weighted by molar-refractivity contribution is -0.142. The van der Waals surface area contributed by atoms with E-state index in [1.165, 1.54) is 0 Å². The number of hydrogen-bond donors (Lipinski definition) is 3. The van der Waals surface area contributed by atoms with E-state index in [4.69, 9.17) is 5.11 Å². The van der Waals surface area contributed by atoms with Gasteiger partial charge in [-0.1, -0.05) is 26.7 Å². The van der Waals surface area contributed by atoms with Crippen LogP contribution in [0.25, 0.3) is 0 Å². The Morgan fingerprint density at radius 1 is 1.16 bits per heavy atom. The van der Waals surface area contributed by atoms with Gasteiger partial charge in [-0.2, -0.15) is 0 Å². The molecule has 0 unspecified atom stereocenters. The number of urea groups is 1. The number of hydrogen-bond acceptors (Lipinski definition) is 2. The van der Waals surface area contributed by atoms with Crippen LogP contribution in [0.15, 0.2) is 0 Å². The van der Waals surface area contributed by atoms with E-state index in [1.54, 1.807) is 0 Å². The molecule has 5 heteroatoms. The average molecular weight is 270 g/mol. The van der Waals surface area contributed by atoms with Crippen LogP contribution >= 0.6 is 0 Å². The lowest BCUT2D eigenvalue weighted by atomic mass is 9.86. The van der Waals surface area contributed by atoms with Crippen LogP contribution in [0.5, 0.6) is 0 Å². The lowest BCUT2D eigenvalue weighted by Gasteiger charge is -2.27. The lowest BCUT2D eigenvalue weighted by Crippen LogP contribution is -2.45. The molecule has 1 fully saturated rings. The fraction of sp³-hybridized carbons (Fsp3) is 0.857. The van der Waals surface area contributed by atoms with Gasteiger partial charge in [0.2, 0.25) is 0 Å². The Kier molecular flexibility index (Phi) is 6.67. The summed E-state index contributed by atoms with van der Waals surface area (Å²) in [5.74, 6) is -0.407. The van der Waals surface area contributed by atoms with Crippen LogP contribution in [0.1, 0.15) is 52.4 Å². The molecule has 0 aromatic carbocycles. The van der Waals surface area contributed by atoms with Crippen LogP contribution in [0.3, 0.4) is 0 Å². The molecule has 2 amide bonds. The quantitative estimate of drug-likeness (QED) is 0.693. The third-order valence-corrected chi connectivity index (χ3v) is 4.12. The van der Waals surface area contributed by atoms with Gasteiger partial charge in [0.25, 0.3) is 0 Å². The van der Waals surface area contributed by atoms with Crippen molar-refractivity contribution in [3.8, 4) is 0 Å². The highest BCUT2D eigenvalue weighted by atomic mass is 16.4. The van der Waals surface area contributed by atoms with E-state index in [1.807, 2.05) is 0 Å². The van der Waals surface area contributed by atoms with Crippen molar-refractivity contribution in [2.24, 2.45) is 11.8 Å². The molecule has 0 saturated heterocycles. The number of carbonyl (C=O) groups excluding carboxylic acids is 1. The number of nitrogens with one attached hydrogen (secondary N) is 2. The fourth-order valence-corrected chi connectivity index (χ4v) is 2.54. The molecule has 5 nitrogen and oxygen atoms in total. The Morgan fingerprint density at radius 2 is 1.74 bits per heavy atom. The van der Waals surface area contributed by atoms with Crippen LogP contribution in [0, 0.1) is 11.8 Å². The largest absolute Gasteiger partial charge is 0.481 e. The molecule has 1 rings (SSSR count). The van der Waals surface area contributed by atoms with Gasteiger partial charge in [0.05, 0.1) is 5.92 Å². The molecule has 0 spiro atoms. The molecule has 1 aliphatic rings. The van der Waals surface area contributed by atoms with Gasteiger partial charge >= 0.3 is 12.0 Å². The van der Waals surface area contributed by atoms with E-state index in [2.05, 4.69) is 24.5 Å². The first-order chi connectivity index (χ1) is 9.06. The normalized spacial score (nSPS) is 23.1. The van der Waals surface area contributed by atoms with Crippen molar-refractivity contribution in [2.75, 3.05) is 6.54 Å². The SMILES string of the molecule is CCC(CC)CNC(=O)NC1CCC(C(=O)O)CC1. The highest BCUT2D eigenvalue weighted by Gasteiger charge is 2.26. The van der Waals surface area contributed by atoms with Crippen molar-refractivity contribution in [1.29, 1.82) is 0 Å². The zero-order chi connectivity index (χ0) is 14.3. The number of aliphatic carboxylic acids is 1. The zero-order valence-corrected chi connectivity index (χ0v) is 11.9. The molecule has 3 N–H and O–H groups in total. The summed E-state index contributed by atoms with van der Waals surface area (Å²) < 4.78 is 0. The van der Waals surface area contributed by atoms with Crippen molar-refractivity contribution in [2.45, 2.75) is 58.4 Å². The number of amides is 2. The molecule has 0 bridgehead atoms. The van der Waals surface area contributed by atoms with Gasteiger partial charge in [-0.15, -0.1) is 0 Å². The topological polar surface area (TPSA) is 78.4 Å². The maximum absolute atomic E-state index is 11.7. The molecular formula is C14H26N2O3. The van der Waals surface area contributed by atoms with E-state index in [0.29, 0.717) is 25.3 Å². The van der Waals surface area contributed by atoms with Gasteiger partial charge in [-0.05, 0) is 31.6 Å². The van der Waals surface area contributed by atoms with Crippen molar-refractivity contribution in [3.63, 3.8) is 0 Å². The highest BCUT2D eigenvalue weighted by Crippen LogP contribution is 2.24. The second-order valence-electron chi connectivity index (χ2n) is 5.42. The third-order valence-electron chi connectivity index (χ3n) is 4.12. The Bertz CT molecular complexity index is 295. The van der Waals surface area contributed by atoms with Gasteiger partial charge in [0.1, 0.15) is 0 Å². The minimum atomic E-state index is -0.711. The molecule has 0 aromatic heterocycles. The number of rotatable bonds is 6. The molecule has 19 heavy (non-hydrogen) atoms. The first-order valence-corrected chi connectivity index (χ1v) is 7.33. The zero-order valence-electron chi connectivity index (χ0n) is 11.9. The molecule has 0 atom stereocenters. The monoisotopic (exact) mass is 270 g/mol. The van der Waals surface area contributed by atoms with Gasteiger partial charge < -0.3 is 15.7 Å². The van der Waals surface area contributed by atoms with Crippen molar-refractivity contribution < 1.29 is 14.7 Å². The van der Waals surface area contributed by atoms with E-state index in [0.717, 1.165) is 25.7 Å². The summed E-state index contributed by atoms with van der Waals surface area (Å²) in [4.78, 5) is 22.6. The second-order valence-corrected chi connectivity index (χ2v) is 5.42. The van der Waals surface area contributed by atoms with Gasteiger partial charge in [-0.25, -0.2) is 4.79 Å². The Morgan fingerprint density at radius 3 is 2.21 bits per heavy atom. The molecule has 0 heterocycles. The standard InChI is InChI=1S/C14H26N2O3/c1-3-10(4-2)9-15-14(19)16-12-7-5-11(6-8-12)13(17)18/h10-12H,3-9H2,1-2H3,(H,17,18)(H2,15,16,19). The van der Waals surface area contributed by atoms with E-state index in [9.17, 15) is 9.59 Å². The van der Waals surface area contributed by atoms with Crippen LogP contribution in [-0.2, 0) is 4.79 Å². The molecule has 1 saturated carbocycles. The van der Waals surface area contributed by atoms with Gasteiger partial charge in [-0.3, -0.25) is 4.79 Å². The molecule has 110 valence electrons. The summed E-state index contributed by atoms with van der Waals surface area (Å²) >= 11 is 0. The summed E-state index contributed by atoms with van der Waals surface area (Å²) in [5, 5.41) is 14.7. The van der Waals surface area contributed by atoms with Gasteiger partial charge in [0, 0.05) is 12.6 Å². The first-order valence-electron chi connectivity index (χ1n) is 7.33. The van der Waals surface area contributed by atoms with E-state index >= 15 is 0 Å². The summed E-state index contributed by atoms with van der Waals surface area (Å²) in [7, 11) is 0. The van der Waals surface area contributed by atoms with Crippen molar-refractivity contribution in [3.05, 3.63) is 0 Å². The number of carbonyl (C=O) groups is 2. The summed E-state index contributed by atoms with van der Waals surface area (Å²) in [6.45, 7) is 4.96. The fourth-order valence-electron chi connectivity index (χ4n) is 2.54. The summed E-state index contributed by atoms with van der Waals surface area (Å²) in [6.07, 6.45) is 4.98. The summed E-state index contributed by atoms with van der Waals surface area (Å²) in [5.41, 5.74) is 0. The maximum Gasteiger partial charge on any atom is 0.315 e. The van der Waals surface area contributed by atoms with Crippen LogP contribution < -0.4 is 10.6 Å². The minimum absolute atomic E-state index is 0.120. The van der Waals surface area contributed by atoms with Gasteiger partial charge in [0.15, 0.2) is 0 Å². The van der Waals surface area contributed by atoms with E-state index < -0.39 is 5.97 Å². The minimum Gasteiger partial charge on any atom is -0.481 e. The Balaban J connectivity index is 2.21. The summed E-state index contributed by atoms with van der Waals surface area (Å²) in [6, 6.07) is 0.00276. The van der Waals surface area contributed by atoms with Crippen LogP contribution in [0.2, 0.25) is 0 Å². The Labute approximate surface area is 115 Å². The molecule has 1 aliphatic carbocycles. The Hall–Kier alpha value is -1.26. The number of carboxylic acid groups (broad SMARTS) is 1. The predicted octanol–water partition coefficient (Wildman–Crippen LogP) is 2.37. The first kappa shape index (κ1) is 15.8. The predicted molar refractivity (Wildman–Crippen MR) is 74.0 cm³/mol.